The molecule has 8 heteroatoms. The molecule has 2 fully saturated rings. The van der Waals surface area contributed by atoms with Gasteiger partial charge in [0.15, 0.2) is 0 Å². The first-order valence-corrected chi connectivity index (χ1v) is 10.3. The van der Waals surface area contributed by atoms with E-state index in [1.165, 1.54) is 0 Å². The molecule has 136 valence electrons. The van der Waals surface area contributed by atoms with Gasteiger partial charge in [-0.3, -0.25) is 4.68 Å². The van der Waals surface area contributed by atoms with Crippen LogP contribution in [0.1, 0.15) is 37.5 Å². The lowest BCUT2D eigenvalue weighted by Gasteiger charge is -2.32. The Labute approximate surface area is 143 Å². The Morgan fingerprint density at radius 2 is 2.08 bits per heavy atom. The zero-order chi connectivity index (χ0) is 17.0. The van der Waals surface area contributed by atoms with Crippen LogP contribution in [0.3, 0.4) is 0 Å². The summed E-state index contributed by atoms with van der Waals surface area (Å²) in [4.78, 5) is 0. The van der Waals surface area contributed by atoms with Crippen molar-refractivity contribution in [3.8, 4) is 0 Å². The fourth-order valence-corrected chi connectivity index (χ4v) is 5.10. The van der Waals surface area contributed by atoms with Gasteiger partial charge in [0.2, 0.25) is 10.0 Å². The first kappa shape index (κ1) is 17.8. The van der Waals surface area contributed by atoms with Crippen LogP contribution in [0, 0.1) is 11.8 Å². The Morgan fingerprint density at radius 1 is 1.29 bits per heavy atom. The maximum Gasteiger partial charge on any atom is 0.211 e. The van der Waals surface area contributed by atoms with Crippen molar-refractivity contribution >= 4 is 10.0 Å². The van der Waals surface area contributed by atoms with Crippen LogP contribution in [-0.2, 0) is 26.5 Å². The van der Waals surface area contributed by atoms with E-state index in [1.54, 1.807) is 10.9 Å². The molecule has 0 unspecified atom stereocenters. The summed E-state index contributed by atoms with van der Waals surface area (Å²) in [6.45, 7) is 2.46. The van der Waals surface area contributed by atoms with Crippen LogP contribution >= 0.6 is 0 Å². The Bertz CT molecular complexity index is 625. The number of nitrogens with zero attached hydrogens (tertiary/aromatic N) is 2. The maximum atomic E-state index is 12.4. The smallest absolute Gasteiger partial charge is 0.211 e. The minimum atomic E-state index is -3.27. The quantitative estimate of drug-likeness (QED) is 0.828. The van der Waals surface area contributed by atoms with Gasteiger partial charge in [0.1, 0.15) is 6.10 Å². The van der Waals surface area contributed by atoms with Gasteiger partial charge < -0.3 is 9.47 Å². The van der Waals surface area contributed by atoms with Crippen LogP contribution in [0.15, 0.2) is 12.3 Å². The summed E-state index contributed by atoms with van der Waals surface area (Å²) in [7, 11) is -1.38. The highest BCUT2D eigenvalue weighted by atomic mass is 32.2. The van der Waals surface area contributed by atoms with Crippen LogP contribution in [-0.4, -0.2) is 50.3 Å². The summed E-state index contributed by atoms with van der Waals surface area (Å²) in [5.41, 5.74) is 1.00. The zero-order valence-electron chi connectivity index (χ0n) is 14.2. The molecule has 2 saturated heterocycles. The minimum Gasteiger partial charge on any atom is -0.381 e. The lowest BCUT2D eigenvalue weighted by molar-refractivity contribution is -0.0307. The maximum absolute atomic E-state index is 12.4. The Balaban J connectivity index is 1.58. The highest BCUT2D eigenvalue weighted by Gasteiger charge is 2.31. The summed E-state index contributed by atoms with van der Waals surface area (Å²) >= 11 is 0. The summed E-state index contributed by atoms with van der Waals surface area (Å²) in [6, 6.07) is 1.94. The van der Waals surface area contributed by atoms with Gasteiger partial charge in [-0.05, 0) is 37.7 Å². The molecule has 0 spiro atoms. The standard InChI is InChI=1S/C16H27N3O4S/c1-19-15(4-7-17-19)16-14(3-2-8-23-16)11-18-24(20,21)12-13-5-9-22-10-6-13/h4,7,13-14,16,18H,2-3,5-6,8-12H2,1H3/t14-,16+/m0/s1. The molecular weight excluding hydrogens is 330 g/mol. The molecule has 2 aliphatic heterocycles. The van der Waals surface area contributed by atoms with E-state index in [0.29, 0.717) is 26.4 Å². The number of aryl methyl sites for hydroxylation is 1. The molecule has 3 rings (SSSR count). The third kappa shape index (κ3) is 4.56. The van der Waals surface area contributed by atoms with Crippen molar-refractivity contribution < 1.29 is 17.9 Å². The Hall–Kier alpha value is -0.960. The van der Waals surface area contributed by atoms with Crippen LogP contribution in [0.4, 0.5) is 0 Å². The van der Waals surface area contributed by atoms with Crippen molar-refractivity contribution in [2.24, 2.45) is 18.9 Å². The Morgan fingerprint density at radius 3 is 2.79 bits per heavy atom. The van der Waals surface area contributed by atoms with E-state index in [2.05, 4.69) is 9.82 Å². The van der Waals surface area contributed by atoms with Gasteiger partial charge in [-0.25, -0.2) is 13.1 Å². The highest BCUT2D eigenvalue weighted by molar-refractivity contribution is 7.89. The first-order chi connectivity index (χ1) is 11.6. The predicted octanol–water partition coefficient (Wildman–Crippen LogP) is 1.23. The SMILES string of the molecule is Cn1nccc1[C@@H]1OCCC[C@H]1CNS(=O)(=O)CC1CCOCC1. The molecule has 0 bridgehead atoms. The minimum absolute atomic E-state index is 0.1000. The molecule has 24 heavy (non-hydrogen) atoms. The van der Waals surface area contributed by atoms with E-state index in [4.69, 9.17) is 9.47 Å². The number of hydrogen-bond acceptors (Lipinski definition) is 5. The van der Waals surface area contributed by atoms with Crippen molar-refractivity contribution in [3.05, 3.63) is 18.0 Å². The summed E-state index contributed by atoms with van der Waals surface area (Å²) in [5.74, 6) is 0.533. The van der Waals surface area contributed by atoms with Crippen molar-refractivity contribution in [3.63, 3.8) is 0 Å². The number of hydrogen-bond donors (Lipinski definition) is 1. The molecule has 2 aliphatic rings. The van der Waals surface area contributed by atoms with Gasteiger partial charge in [0.25, 0.3) is 0 Å². The molecule has 7 nitrogen and oxygen atoms in total. The molecule has 1 aromatic heterocycles. The second kappa shape index (κ2) is 7.95. The Kier molecular flexibility index (Phi) is 5.91. The van der Waals surface area contributed by atoms with Gasteiger partial charge in [-0.2, -0.15) is 5.10 Å². The number of rotatable bonds is 6. The van der Waals surface area contributed by atoms with E-state index in [1.807, 2.05) is 13.1 Å². The van der Waals surface area contributed by atoms with E-state index >= 15 is 0 Å². The molecule has 3 heterocycles. The van der Waals surface area contributed by atoms with Crippen LogP contribution < -0.4 is 4.72 Å². The normalized spacial score (nSPS) is 26.5. The molecule has 0 amide bonds. The van der Waals surface area contributed by atoms with Crippen molar-refractivity contribution in [1.82, 2.24) is 14.5 Å². The van der Waals surface area contributed by atoms with Crippen molar-refractivity contribution in [2.45, 2.75) is 31.8 Å². The van der Waals surface area contributed by atoms with Crippen molar-refractivity contribution in [2.75, 3.05) is 32.1 Å². The van der Waals surface area contributed by atoms with E-state index < -0.39 is 10.0 Å². The van der Waals surface area contributed by atoms with E-state index in [0.717, 1.165) is 31.4 Å². The molecule has 2 atom stereocenters. The lowest BCUT2D eigenvalue weighted by Crippen LogP contribution is -2.38. The molecule has 1 N–H and O–H groups in total. The second-order valence-electron chi connectivity index (χ2n) is 6.76. The van der Waals surface area contributed by atoms with Crippen LogP contribution in [0.25, 0.3) is 0 Å². The lowest BCUT2D eigenvalue weighted by atomic mass is 9.92. The number of nitrogens with one attached hydrogen (secondary N) is 1. The molecular formula is C16H27N3O4S. The fraction of sp³-hybridized carbons (Fsp3) is 0.812. The molecule has 0 aliphatic carbocycles. The predicted molar refractivity (Wildman–Crippen MR) is 90.0 cm³/mol. The highest BCUT2D eigenvalue weighted by Crippen LogP contribution is 2.33. The number of aromatic nitrogens is 2. The van der Waals surface area contributed by atoms with Gasteiger partial charge in [0, 0.05) is 45.5 Å². The summed E-state index contributed by atoms with van der Waals surface area (Å²) in [6.07, 6.45) is 5.21. The first-order valence-electron chi connectivity index (χ1n) is 8.70. The topological polar surface area (TPSA) is 82.5 Å². The third-order valence-electron chi connectivity index (χ3n) is 4.96. The third-order valence-corrected chi connectivity index (χ3v) is 6.47. The average molecular weight is 357 g/mol. The second-order valence-corrected chi connectivity index (χ2v) is 8.61. The van der Waals surface area contributed by atoms with E-state index in [9.17, 15) is 8.42 Å². The fourth-order valence-electron chi connectivity index (χ4n) is 3.56. The monoisotopic (exact) mass is 357 g/mol. The largest absolute Gasteiger partial charge is 0.381 e. The van der Waals surface area contributed by atoms with Gasteiger partial charge >= 0.3 is 0 Å². The van der Waals surface area contributed by atoms with Crippen LogP contribution in [0.5, 0.6) is 0 Å². The molecule has 0 aromatic carbocycles. The number of ether oxygens (including phenoxy) is 2. The van der Waals surface area contributed by atoms with Gasteiger partial charge in [-0.1, -0.05) is 0 Å². The van der Waals surface area contributed by atoms with Gasteiger partial charge in [-0.15, -0.1) is 0 Å². The van der Waals surface area contributed by atoms with Crippen LogP contribution in [0.2, 0.25) is 0 Å². The summed E-state index contributed by atoms with van der Waals surface area (Å²) in [5, 5.41) is 4.20. The number of sulfonamides is 1. The zero-order valence-corrected chi connectivity index (χ0v) is 15.0. The van der Waals surface area contributed by atoms with Gasteiger partial charge in [0.05, 0.1) is 11.4 Å². The summed E-state index contributed by atoms with van der Waals surface area (Å²) < 4.78 is 40.6. The molecule has 0 radical (unpaired) electrons. The van der Waals surface area contributed by atoms with E-state index in [-0.39, 0.29) is 23.7 Å². The molecule has 1 aromatic rings. The van der Waals surface area contributed by atoms with Crippen molar-refractivity contribution in [1.29, 1.82) is 0 Å². The molecule has 0 saturated carbocycles. The average Bonchev–Trinajstić information content (AvgIpc) is 3.00.